The molecule has 2 aromatic heterocycles. The van der Waals surface area contributed by atoms with Crippen LogP contribution in [-0.2, 0) is 13.5 Å². The highest BCUT2D eigenvalue weighted by Crippen LogP contribution is 2.28. The van der Waals surface area contributed by atoms with Gasteiger partial charge in [0.2, 0.25) is 0 Å². The van der Waals surface area contributed by atoms with Gasteiger partial charge in [-0.15, -0.1) is 11.3 Å². The lowest BCUT2D eigenvalue weighted by Crippen LogP contribution is -2.05. The van der Waals surface area contributed by atoms with E-state index in [0.29, 0.717) is 22.1 Å². The van der Waals surface area contributed by atoms with Gasteiger partial charge in [-0.25, -0.2) is 14.5 Å². The van der Waals surface area contributed by atoms with Gasteiger partial charge < -0.3 is 10.1 Å². The Hall–Kier alpha value is -1.92. The van der Waals surface area contributed by atoms with Crippen LogP contribution >= 0.6 is 24.0 Å². The van der Waals surface area contributed by atoms with Crippen molar-refractivity contribution >= 4 is 29.8 Å². The molecule has 2 aromatic rings. The monoisotopic (exact) mass is 295 g/mol. The molecule has 0 fully saturated rings. The van der Waals surface area contributed by atoms with E-state index in [-0.39, 0.29) is 11.1 Å². The minimum absolute atomic E-state index is 0.0626. The van der Waals surface area contributed by atoms with E-state index in [2.05, 4.69) is 22.6 Å². The maximum absolute atomic E-state index is 10.7. The second kappa shape index (κ2) is 5.38. The molecule has 0 aliphatic carbocycles. The largest absolute Gasteiger partial charge is 0.358 e. The third kappa shape index (κ3) is 2.74. The number of nitro groups is 1. The number of imidazole rings is 1. The Morgan fingerprint density at radius 1 is 1.63 bits per heavy atom. The molecule has 0 N–H and O–H groups in total. The van der Waals surface area contributed by atoms with Crippen LogP contribution < -0.4 is 0 Å². The minimum Gasteiger partial charge on any atom is -0.358 e. The van der Waals surface area contributed by atoms with Crippen molar-refractivity contribution in [3.05, 3.63) is 38.2 Å². The van der Waals surface area contributed by atoms with Crippen LogP contribution in [0.15, 0.2) is 12.4 Å². The van der Waals surface area contributed by atoms with E-state index in [1.165, 1.54) is 28.3 Å². The molecule has 0 radical (unpaired) electrons. The van der Waals surface area contributed by atoms with E-state index in [0.717, 1.165) is 0 Å². The Bertz CT molecular complexity index is 657. The van der Waals surface area contributed by atoms with Gasteiger partial charge in [-0.3, -0.25) is 0 Å². The Morgan fingerprint density at radius 2 is 2.37 bits per heavy atom. The van der Waals surface area contributed by atoms with E-state index in [9.17, 15) is 10.1 Å². The Balaban J connectivity index is 2.17. The number of nitriles is 1. The van der Waals surface area contributed by atoms with Crippen molar-refractivity contribution in [1.82, 2.24) is 14.5 Å². The number of hydrogen-bond acceptors (Lipinski definition) is 7. The second-order valence-electron chi connectivity index (χ2n) is 3.74. The van der Waals surface area contributed by atoms with Gasteiger partial charge in [0.05, 0.1) is 18.5 Å². The number of hydrogen-bond donors (Lipinski definition) is 1. The molecule has 1 unspecified atom stereocenters. The summed E-state index contributed by atoms with van der Waals surface area (Å²) in [4.78, 5) is 18.9. The van der Waals surface area contributed by atoms with Crippen LogP contribution in [0.2, 0.25) is 0 Å². The summed E-state index contributed by atoms with van der Waals surface area (Å²) in [5, 5.41) is 19.9. The lowest BCUT2D eigenvalue weighted by molar-refractivity contribution is -0.391. The summed E-state index contributed by atoms with van der Waals surface area (Å²) in [5.74, 6) is 0.493. The molecule has 2 rings (SSSR count). The summed E-state index contributed by atoms with van der Waals surface area (Å²) in [5.41, 5.74) is 0. The Morgan fingerprint density at radius 3 is 2.89 bits per heavy atom. The summed E-state index contributed by atoms with van der Waals surface area (Å²) in [6.45, 7) is 0. The fraction of sp³-hybridized carbons (Fsp3) is 0.300. The molecule has 7 nitrogen and oxygen atoms in total. The maximum atomic E-state index is 10.7. The van der Waals surface area contributed by atoms with Crippen molar-refractivity contribution in [1.29, 1.82) is 5.26 Å². The van der Waals surface area contributed by atoms with Gasteiger partial charge in [0.15, 0.2) is 5.82 Å². The molecule has 0 aromatic carbocycles. The predicted molar refractivity (Wildman–Crippen MR) is 72.1 cm³/mol. The third-order valence-corrected chi connectivity index (χ3v) is 4.16. The molecule has 0 amide bonds. The second-order valence-corrected chi connectivity index (χ2v) is 5.43. The van der Waals surface area contributed by atoms with Crippen LogP contribution in [0.25, 0.3) is 0 Å². The van der Waals surface area contributed by atoms with Crippen molar-refractivity contribution < 1.29 is 4.92 Å². The number of aromatic nitrogens is 3. The third-order valence-electron chi connectivity index (χ3n) is 2.54. The molecular weight excluding hydrogens is 286 g/mol. The van der Waals surface area contributed by atoms with Gasteiger partial charge in [0, 0.05) is 6.42 Å². The fourth-order valence-electron chi connectivity index (χ4n) is 1.55. The molecule has 0 aliphatic rings. The Labute approximate surface area is 118 Å². The Kier molecular flexibility index (Phi) is 3.82. The first kappa shape index (κ1) is 13.5. The van der Waals surface area contributed by atoms with Crippen LogP contribution in [0.5, 0.6) is 0 Å². The molecule has 0 saturated carbocycles. The van der Waals surface area contributed by atoms with Crippen molar-refractivity contribution in [3.8, 4) is 6.07 Å². The van der Waals surface area contributed by atoms with E-state index < -0.39 is 4.92 Å². The zero-order valence-electron chi connectivity index (χ0n) is 9.85. The molecule has 0 saturated heterocycles. The van der Waals surface area contributed by atoms with E-state index in [1.807, 2.05) is 6.07 Å². The number of thiazole rings is 1. The van der Waals surface area contributed by atoms with Crippen molar-refractivity contribution in [2.75, 3.05) is 0 Å². The lowest BCUT2D eigenvalue weighted by atomic mass is 10.3. The highest BCUT2D eigenvalue weighted by molar-refractivity contribution is 7.80. The van der Waals surface area contributed by atoms with Crippen molar-refractivity contribution in [2.45, 2.75) is 11.7 Å². The van der Waals surface area contributed by atoms with Crippen molar-refractivity contribution in [3.63, 3.8) is 0 Å². The van der Waals surface area contributed by atoms with Crippen LogP contribution in [0.4, 0.5) is 5.82 Å². The summed E-state index contributed by atoms with van der Waals surface area (Å²) in [7, 11) is 1.59. The highest BCUT2D eigenvalue weighted by Gasteiger charge is 2.21. The lowest BCUT2D eigenvalue weighted by Gasteiger charge is -2.04. The molecule has 98 valence electrons. The van der Waals surface area contributed by atoms with Crippen LogP contribution in [0, 0.1) is 21.4 Å². The maximum Gasteiger partial charge on any atom is 0.342 e. The summed E-state index contributed by atoms with van der Waals surface area (Å²) < 4.78 is 1.42. The van der Waals surface area contributed by atoms with Crippen molar-refractivity contribution in [2.24, 2.45) is 7.05 Å². The van der Waals surface area contributed by atoms with Crippen LogP contribution in [0.3, 0.4) is 0 Å². The summed E-state index contributed by atoms with van der Waals surface area (Å²) >= 11 is 5.67. The molecular formula is C10H9N5O2S2. The van der Waals surface area contributed by atoms with Gasteiger partial charge >= 0.3 is 5.82 Å². The summed E-state index contributed by atoms with van der Waals surface area (Å²) in [6, 6.07) is 2.01. The molecule has 0 bridgehead atoms. The zero-order chi connectivity index (χ0) is 14.0. The highest BCUT2D eigenvalue weighted by atomic mass is 32.1. The van der Waals surface area contributed by atoms with Gasteiger partial charge in [0.1, 0.15) is 22.2 Å². The average molecular weight is 295 g/mol. The average Bonchev–Trinajstić information content (AvgIpc) is 2.97. The quantitative estimate of drug-likeness (QED) is 0.527. The molecule has 1 atom stereocenters. The zero-order valence-corrected chi connectivity index (χ0v) is 11.6. The summed E-state index contributed by atoms with van der Waals surface area (Å²) in [6.07, 6.45) is 3.12. The SMILES string of the molecule is Cn1c([N+](=O)[O-])cnc1CC(S)c1ncc(C#N)s1. The molecule has 0 spiro atoms. The van der Waals surface area contributed by atoms with Gasteiger partial charge in [0.25, 0.3) is 0 Å². The standard InChI is InChI=1S/C10H9N5O2S2/c1-14-8(12-5-9(14)15(16)17)2-7(18)10-13-4-6(3-11)19-10/h4-5,7,18H,2H2,1H3. The van der Waals surface area contributed by atoms with Crippen LogP contribution in [-0.4, -0.2) is 19.5 Å². The van der Waals surface area contributed by atoms with Gasteiger partial charge in [-0.05, 0) is 4.92 Å². The first-order valence-electron chi connectivity index (χ1n) is 5.21. The topological polar surface area (TPSA) is 97.6 Å². The van der Waals surface area contributed by atoms with Crippen LogP contribution in [0.1, 0.15) is 21.0 Å². The normalized spacial score (nSPS) is 12.1. The molecule has 19 heavy (non-hydrogen) atoms. The number of rotatable bonds is 4. The van der Waals surface area contributed by atoms with E-state index in [4.69, 9.17) is 5.26 Å². The van der Waals surface area contributed by atoms with E-state index in [1.54, 1.807) is 7.05 Å². The molecule has 2 heterocycles. The molecule has 9 heteroatoms. The van der Waals surface area contributed by atoms with Gasteiger partial charge in [-0.1, -0.05) is 0 Å². The molecule has 0 aliphatic heterocycles. The first-order chi connectivity index (χ1) is 9.02. The predicted octanol–water partition coefficient (Wildman–Crippen LogP) is 1.87. The van der Waals surface area contributed by atoms with E-state index >= 15 is 0 Å². The number of nitrogens with zero attached hydrogens (tertiary/aromatic N) is 5. The smallest absolute Gasteiger partial charge is 0.342 e. The van der Waals surface area contributed by atoms with Gasteiger partial charge in [-0.2, -0.15) is 17.9 Å². The number of thiol groups is 1. The first-order valence-corrected chi connectivity index (χ1v) is 6.55. The minimum atomic E-state index is -0.485. The fourth-order valence-corrected chi connectivity index (χ4v) is 2.64.